The number of carboxylic acid groups (broad SMARTS) is 1. The highest BCUT2D eigenvalue weighted by Crippen LogP contribution is 1.99. The number of carboxylic acids is 1. The van der Waals surface area contributed by atoms with Gasteiger partial charge in [0.2, 0.25) is 5.91 Å². The van der Waals surface area contributed by atoms with E-state index < -0.39 is 5.97 Å². The Bertz CT molecular complexity index is 250. The van der Waals surface area contributed by atoms with Gasteiger partial charge in [-0.3, -0.25) is 4.79 Å². The molecule has 0 bridgehead atoms. The molecule has 1 amide bonds. The second-order valence-corrected chi connectivity index (χ2v) is 2.99. The molecule has 0 radical (unpaired) electrons. The predicted molar refractivity (Wildman–Crippen MR) is 46.2 cm³/mol. The Kier molecular flexibility index (Phi) is 3.02. The van der Waals surface area contributed by atoms with E-state index in [1.807, 2.05) is 0 Å². The van der Waals surface area contributed by atoms with E-state index in [2.05, 4.69) is 17.2 Å². The smallest absolute Gasteiger partial charge is 0.332 e. The molecule has 1 fully saturated rings. The number of rotatable bonds is 4. The topological polar surface area (TPSA) is 78.4 Å². The van der Waals surface area contributed by atoms with E-state index in [1.54, 1.807) is 0 Å². The number of carbonyl (C=O) groups excluding carboxylic acids is 1. The lowest BCUT2D eigenvalue weighted by atomic mass is 10.2. The first-order valence-corrected chi connectivity index (χ1v) is 4.00. The normalized spacial score (nSPS) is 21.2. The van der Waals surface area contributed by atoms with Crippen molar-refractivity contribution in [3.05, 3.63) is 12.2 Å². The molecule has 1 aliphatic heterocycles. The largest absolute Gasteiger partial charge is 0.478 e. The van der Waals surface area contributed by atoms with E-state index in [9.17, 15) is 9.59 Å². The lowest BCUT2D eigenvalue weighted by Gasteiger charge is -2.09. The number of hydrogen-bond acceptors (Lipinski definition) is 3. The average Bonchev–Trinajstić information content (AvgIpc) is 2.47. The summed E-state index contributed by atoms with van der Waals surface area (Å²) in [5, 5.41) is 14.1. The lowest BCUT2D eigenvalue weighted by Crippen LogP contribution is -2.33. The number of hydrogen-bond donors (Lipinski definition) is 3. The van der Waals surface area contributed by atoms with E-state index in [0.29, 0.717) is 13.0 Å². The molecular weight excluding hydrogens is 172 g/mol. The van der Waals surface area contributed by atoms with Crippen molar-refractivity contribution in [1.29, 1.82) is 0 Å². The zero-order valence-electron chi connectivity index (χ0n) is 7.17. The molecule has 1 aliphatic rings. The van der Waals surface area contributed by atoms with Crippen molar-refractivity contribution in [1.82, 2.24) is 10.6 Å². The van der Waals surface area contributed by atoms with Crippen molar-refractivity contribution >= 4 is 11.9 Å². The highest BCUT2D eigenvalue weighted by molar-refractivity contribution is 5.86. The van der Waals surface area contributed by atoms with E-state index in [4.69, 9.17) is 5.11 Å². The Morgan fingerprint density at radius 2 is 2.46 bits per heavy atom. The fourth-order valence-corrected chi connectivity index (χ4v) is 1.09. The number of carbonyl (C=O) groups is 2. The fourth-order valence-electron chi connectivity index (χ4n) is 1.09. The number of amides is 1. The summed E-state index contributed by atoms with van der Waals surface area (Å²) in [6, 6.07) is 0.0311. The molecule has 0 saturated carbocycles. The second kappa shape index (κ2) is 4.04. The molecule has 1 saturated heterocycles. The van der Waals surface area contributed by atoms with Gasteiger partial charge in [-0.25, -0.2) is 4.79 Å². The number of aliphatic carboxylic acids is 1. The van der Waals surface area contributed by atoms with Crippen molar-refractivity contribution in [3.63, 3.8) is 0 Å². The predicted octanol–water partition coefficient (Wildman–Crippen LogP) is -0.895. The third kappa shape index (κ3) is 2.87. The Labute approximate surface area is 75.8 Å². The molecule has 13 heavy (non-hydrogen) atoms. The van der Waals surface area contributed by atoms with E-state index in [1.165, 1.54) is 0 Å². The van der Waals surface area contributed by atoms with Crippen LogP contribution in [-0.2, 0) is 9.59 Å². The first-order valence-electron chi connectivity index (χ1n) is 4.00. The molecule has 0 aromatic carbocycles. The third-order valence-electron chi connectivity index (χ3n) is 1.88. The minimum Gasteiger partial charge on any atom is -0.478 e. The molecule has 0 spiro atoms. The van der Waals surface area contributed by atoms with Gasteiger partial charge >= 0.3 is 5.97 Å². The maximum Gasteiger partial charge on any atom is 0.332 e. The molecule has 1 atom stereocenters. The average molecular weight is 184 g/mol. The maximum absolute atomic E-state index is 10.7. The summed E-state index contributed by atoms with van der Waals surface area (Å²) < 4.78 is 0. The van der Waals surface area contributed by atoms with Crippen LogP contribution in [0.1, 0.15) is 6.42 Å². The highest BCUT2D eigenvalue weighted by Gasteiger charge is 2.20. The molecule has 1 heterocycles. The van der Waals surface area contributed by atoms with Crippen LogP contribution in [-0.4, -0.2) is 36.1 Å². The molecule has 5 nitrogen and oxygen atoms in total. The lowest BCUT2D eigenvalue weighted by molar-refractivity contribution is -0.132. The Morgan fingerprint density at radius 1 is 1.77 bits per heavy atom. The van der Waals surface area contributed by atoms with Gasteiger partial charge in [-0.15, -0.1) is 0 Å². The molecule has 0 aliphatic carbocycles. The van der Waals surface area contributed by atoms with Gasteiger partial charge in [0.05, 0.1) is 0 Å². The Hall–Kier alpha value is -1.36. The van der Waals surface area contributed by atoms with Crippen molar-refractivity contribution in [2.75, 3.05) is 13.1 Å². The molecule has 72 valence electrons. The minimum atomic E-state index is -1.01. The summed E-state index contributed by atoms with van der Waals surface area (Å²) in [5.41, 5.74) is 0.111. The zero-order chi connectivity index (χ0) is 9.84. The highest BCUT2D eigenvalue weighted by atomic mass is 16.4. The van der Waals surface area contributed by atoms with Crippen LogP contribution in [0.3, 0.4) is 0 Å². The van der Waals surface area contributed by atoms with Gasteiger partial charge in [0.1, 0.15) is 0 Å². The number of nitrogens with one attached hydrogen (secondary N) is 2. The van der Waals surface area contributed by atoms with Crippen molar-refractivity contribution < 1.29 is 14.7 Å². The van der Waals surface area contributed by atoms with Crippen LogP contribution >= 0.6 is 0 Å². The summed E-state index contributed by atoms with van der Waals surface area (Å²) >= 11 is 0. The monoisotopic (exact) mass is 184 g/mol. The molecule has 3 N–H and O–H groups in total. The van der Waals surface area contributed by atoms with Crippen LogP contribution in [0.5, 0.6) is 0 Å². The van der Waals surface area contributed by atoms with Crippen molar-refractivity contribution in [3.8, 4) is 0 Å². The van der Waals surface area contributed by atoms with Crippen LogP contribution in [0.25, 0.3) is 0 Å². The fraction of sp³-hybridized carbons (Fsp3) is 0.500. The summed E-state index contributed by atoms with van der Waals surface area (Å²) in [6.45, 7) is 4.15. The van der Waals surface area contributed by atoms with E-state index >= 15 is 0 Å². The standard InChI is InChI=1S/C8H12N2O3/c1-5(8(12)13)3-9-6-2-7(11)10-4-6/h6,9H,1-4H2,(H,10,11)(H,12,13). The zero-order valence-corrected chi connectivity index (χ0v) is 7.17. The molecule has 1 unspecified atom stereocenters. The van der Waals surface area contributed by atoms with Crippen LogP contribution in [0.15, 0.2) is 12.2 Å². The van der Waals surface area contributed by atoms with Crippen LogP contribution < -0.4 is 10.6 Å². The van der Waals surface area contributed by atoms with Crippen LogP contribution in [0, 0.1) is 0 Å². The van der Waals surface area contributed by atoms with E-state index in [-0.39, 0.29) is 24.1 Å². The maximum atomic E-state index is 10.7. The first-order chi connectivity index (χ1) is 6.09. The quantitative estimate of drug-likeness (QED) is 0.495. The van der Waals surface area contributed by atoms with Crippen LogP contribution in [0.2, 0.25) is 0 Å². The molecular formula is C8H12N2O3. The van der Waals surface area contributed by atoms with Gasteiger partial charge in [-0.1, -0.05) is 6.58 Å². The van der Waals surface area contributed by atoms with Gasteiger partial charge in [0.15, 0.2) is 0 Å². The van der Waals surface area contributed by atoms with Gasteiger partial charge in [-0.05, 0) is 0 Å². The first kappa shape index (κ1) is 9.73. The van der Waals surface area contributed by atoms with E-state index in [0.717, 1.165) is 0 Å². The third-order valence-corrected chi connectivity index (χ3v) is 1.88. The Morgan fingerprint density at radius 3 is 2.92 bits per heavy atom. The van der Waals surface area contributed by atoms with Crippen molar-refractivity contribution in [2.24, 2.45) is 0 Å². The summed E-state index contributed by atoms with van der Waals surface area (Å²) in [7, 11) is 0. The second-order valence-electron chi connectivity index (χ2n) is 2.99. The summed E-state index contributed by atoms with van der Waals surface area (Å²) in [6.07, 6.45) is 0.410. The minimum absolute atomic E-state index is 0.00145. The Balaban J connectivity index is 2.23. The SMILES string of the molecule is C=C(CNC1CNC(=O)C1)C(=O)O. The van der Waals surface area contributed by atoms with Gasteiger partial charge in [0, 0.05) is 31.1 Å². The van der Waals surface area contributed by atoms with Gasteiger partial charge < -0.3 is 15.7 Å². The van der Waals surface area contributed by atoms with Crippen LogP contribution in [0.4, 0.5) is 0 Å². The molecule has 0 aromatic heterocycles. The molecule has 0 aromatic rings. The summed E-state index contributed by atoms with van der Waals surface area (Å²) in [5.74, 6) is -1.01. The molecule has 1 rings (SSSR count). The van der Waals surface area contributed by atoms with Gasteiger partial charge in [0.25, 0.3) is 0 Å². The van der Waals surface area contributed by atoms with Gasteiger partial charge in [-0.2, -0.15) is 0 Å². The molecule has 5 heteroatoms. The summed E-state index contributed by atoms with van der Waals surface area (Å²) in [4.78, 5) is 21.1. The van der Waals surface area contributed by atoms with Crippen molar-refractivity contribution in [2.45, 2.75) is 12.5 Å².